The lowest BCUT2D eigenvalue weighted by atomic mass is 10.1. The van der Waals surface area contributed by atoms with Crippen LogP contribution in [0.3, 0.4) is 0 Å². The molecule has 2 rings (SSSR count). The highest BCUT2D eigenvalue weighted by Crippen LogP contribution is 2.15. The van der Waals surface area contributed by atoms with Crippen molar-refractivity contribution in [2.24, 2.45) is 0 Å². The topological polar surface area (TPSA) is 81.6 Å². The van der Waals surface area contributed by atoms with E-state index in [1.807, 2.05) is 38.1 Å². The molecule has 0 saturated heterocycles. The highest BCUT2D eigenvalue weighted by molar-refractivity contribution is 6.02. The molecule has 1 aromatic heterocycles. The Hall–Kier alpha value is -2.61. The van der Waals surface area contributed by atoms with E-state index in [-0.39, 0.29) is 17.5 Å². The molecular weight excluding hydrogens is 240 g/mol. The number of H-pyrrole nitrogens is 1. The van der Waals surface area contributed by atoms with Crippen LogP contribution in [0.2, 0.25) is 0 Å². The fourth-order valence-corrected chi connectivity index (χ4v) is 1.70. The molecule has 5 nitrogen and oxygen atoms in total. The van der Waals surface area contributed by atoms with Crippen molar-refractivity contribution in [3.05, 3.63) is 35.5 Å². The third-order valence-corrected chi connectivity index (χ3v) is 2.56. The van der Waals surface area contributed by atoms with E-state index in [0.717, 1.165) is 16.5 Å². The second-order valence-electron chi connectivity index (χ2n) is 4.51. The Morgan fingerprint density at radius 2 is 2.32 bits per heavy atom. The summed E-state index contributed by atoms with van der Waals surface area (Å²) in [6, 6.07) is 7.50. The van der Waals surface area contributed by atoms with E-state index in [9.17, 15) is 4.79 Å². The Morgan fingerprint density at radius 3 is 3.00 bits per heavy atom. The lowest BCUT2D eigenvalue weighted by Crippen LogP contribution is -2.30. The smallest absolute Gasteiger partial charge is 0.262 e. The van der Waals surface area contributed by atoms with Crippen LogP contribution >= 0.6 is 0 Å². The zero-order chi connectivity index (χ0) is 13.8. The monoisotopic (exact) mass is 254 g/mol. The van der Waals surface area contributed by atoms with Crippen molar-refractivity contribution in [1.82, 2.24) is 15.5 Å². The first-order chi connectivity index (χ1) is 9.10. The summed E-state index contributed by atoms with van der Waals surface area (Å²) in [5.74, 6) is -0.359. The quantitative estimate of drug-likeness (QED) is 0.649. The fourth-order valence-electron chi connectivity index (χ4n) is 1.70. The van der Waals surface area contributed by atoms with Gasteiger partial charge in [0, 0.05) is 11.4 Å². The Kier molecular flexibility index (Phi) is 3.62. The average molecular weight is 254 g/mol. The first-order valence-electron chi connectivity index (χ1n) is 5.96. The van der Waals surface area contributed by atoms with Gasteiger partial charge in [-0.05, 0) is 31.6 Å². The molecule has 0 unspecified atom stereocenters. The number of hydrogen-bond acceptors (Lipinski definition) is 3. The number of nitrogens with one attached hydrogen (secondary N) is 2. The zero-order valence-corrected chi connectivity index (χ0v) is 10.8. The first kappa shape index (κ1) is 12.8. The number of aromatic amines is 1. The molecule has 2 N–H and O–H groups in total. The average Bonchev–Trinajstić information content (AvgIpc) is 2.82. The fraction of sp³-hybridized carbons (Fsp3) is 0.214. The molecule has 0 saturated carbocycles. The lowest BCUT2D eigenvalue weighted by molar-refractivity contribution is -0.117. The number of fused-ring (bicyclic) bond motifs is 1. The summed E-state index contributed by atoms with van der Waals surface area (Å²) in [4.78, 5) is 11.8. The largest absolute Gasteiger partial charge is 0.349 e. The lowest BCUT2D eigenvalue weighted by Gasteiger charge is -2.06. The Morgan fingerprint density at radius 1 is 1.53 bits per heavy atom. The molecule has 0 atom stereocenters. The van der Waals surface area contributed by atoms with Crippen LogP contribution < -0.4 is 5.32 Å². The minimum absolute atomic E-state index is 0.000614. The number of amides is 1. The van der Waals surface area contributed by atoms with Gasteiger partial charge < -0.3 is 5.32 Å². The van der Waals surface area contributed by atoms with E-state index < -0.39 is 0 Å². The van der Waals surface area contributed by atoms with Gasteiger partial charge in [0.05, 0.1) is 11.7 Å². The molecule has 1 amide bonds. The predicted octanol–water partition coefficient (Wildman–Crippen LogP) is 1.99. The van der Waals surface area contributed by atoms with Gasteiger partial charge in [0.25, 0.3) is 5.91 Å². The van der Waals surface area contributed by atoms with Crippen LogP contribution in [0.15, 0.2) is 30.0 Å². The number of carbonyl (C=O) groups excluding carboxylic acids is 1. The van der Waals surface area contributed by atoms with Gasteiger partial charge in [0.2, 0.25) is 0 Å². The molecule has 0 aliphatic carbocycles. The Balaban J connectivity index is 2.31. The molecular formula is C14H14N4O. The minimum Gasteiger partial charge on any atom is -0.349 e. The van der Waals surface area contributed by atoms with Gasteiger partial charge in [-0.25, -0.2) is 0 Å². The van der Waals surface area contributed by atoms with Crippen molar-refractivity contribution < 1.29 is 4.79 Å². The molecule has 1 heterocycles. The van der Waals surface area contributed by atoms with Crippen LogP contribution in [0.4, 0.5) is 0 Å². The third kappa shape index (κ3) is 2.99. The maximum absolute atomic E-state index is 11.8. The summed E-state index contributed by atoms with van der Waals surface area (Å²) in [5.41, 5.74) is 1.75. The summed E-state index contributed by atoms with van der Waals surface area (Å²) >= 11 is 0. The van der Waals surface area contributed by atoms with Crippen LogP contribution in [-0.2, 0) is 4.79 Å². The number of nitrogens with zero attached hydrogens (tertiary/aromatic N) is 2. The maximum Gasteiger partial charge on any atom is 0.262 e. The van der Waals surface area contributed by atoms with Crippen LogP contribution in [-0.4, -0.2) is 22.1 Å². The van der Waals surface area contributed by atoms with E-state index in [0.29, 0.717) is 0 Å². The molecule has 0 aliphatic rings. The van der Waals surface area contributed by atoms with Gasteiger partial charge in [0.15, 0.2) is 0 Å². The number of nitriles is 1. The number of rotatable bonds is 3. The molecule has 0 fully saturated rings. The molecule has 0 aliphatic heterocycles. The van der Waals surface area contributed by atoms with Crippen molar-refractivity contribution in [2.75, 3.05) is 0 Å². The van der Waals surface area contributed by atoms with E-state index in [1.54, 1.807) is 12.3 Å². The first-order valence-corrected chi connectivity index (χ1v) is 5.96. The number of hydrogen-bond donors (Lipinski definition) is 2. The summed E-state index contributed by atoms with van der Waals surface area (Å²) in [5, 5.41) is 19.5. The molecule has 1 aromatic carbocycles. The second-order valence-corrected chi connectivity index (χ2v) is 4.51. The summed E-state index contributed by atoms with van der Waals surface area (Å²) in [6.07, 6.45) is 3.29. The van der Waals surface area contributed by atoms with Crippen LogP contribution in [0, 0.1) is 11.3 Å². The highest BCUT2D eigenvalue weighted by Gasteiger charge is 2.10. The van der Waals surface area contributed by atoms with Crippen molar-refractivity contribution in [1.29, 1.82) is 5.26 Å². The van der Waals surface area contributed by atoms with Gasteiger partial charge in [-0.3, -0.25) is 9.89 Å². The van der Waals surface area contributed by atoms with Gasteiger partial charge in [0.1, 0.15) is 11.6 Å². The normalized spacial score (nSPS) is 11.6. The van der Waals surface area contributed by atoms with Gasteiger partial charge >= 0.3 is 0 Å². The summed E-state index contributed by atoms with van der Waals surface area (Å²) < 4.78 is 0. The number of aromatic nitrogens is 2. The molecule has 0 radical (unpaired) electrons. The van der Waals surface area contributed by atoms with Crippen molar-refractivity contribution in [3.63, 3.8) is 0 Å². The van der Waals surface area contributed by atoms with Crippen LogP contribution in [0.5, 0.6) is 0 Å². The maximum atomic E-state index is 11.8. The number of carbonyl (C=O) groups is 1. The Labute approximate surface area is 110 Å². The molecule has 19 heavy (non-hydrogen) atoms. The second kappa shape index (κ2) is 5.36. The van der Waals surface area contributed by atoms with Crippen molar-refractivity contribution in [3.8, 4) is 6.07 Å². The van der Waals surface area contributed by atoms with Crippen LogP contribution in [0.25, 0.3) is 17.0 Å². The van der Waals surface area contributed by atoms with Gasteiger partial charge in [-0.15, -0.1) is 0 Å². The van der Waals surface area contributed by atoms with Gasteiger partial charge in [-0.1, -0.05) is 12.1 Å². The van der Waals surface area contributed by atoms with Crippen LogP contribution in [0.1, 0.15) is 19.4 Å². The standard InChI is InChI=1S/C14H14N4O/c1-9(2)17-14(19)12(7-15)5-10-3-4-11-8-16-18-13(11)6-10/h3-6,8-9H,1-2H3,(H,16,18)(H,17,19)/b12-5+. The van der Waals surface area contributed by atoms with E-state index in [2.05, 4.69) is 15.5 Å². The van der Waals surface area contributed by atoms with E-state index in [1.165, 1.54) is 0 Å². The highest BCUT2D eigenvalue weighted by atomic mass is 16.1. The molecule has 2 aromatic rings. The summed E-state index contributed by atoms with van der Waals surface area (Å²) in [7, 11) is 0. The third-order valence-electron chi connectivity index (χ3n) is 2.56. The predicted molar refractivity (Wildman–Crippen MR) is 73.0 cm³/mol. The van der Waals surface area contributed by atoms with Crippen molar-refractivity contribution >= 4 is 22.9 Å². The van der Waals surface area contributed by atoms with E-state index >= 15 is 0 Å². The molecule has 0 bridgehead atoms. The van der Waals surface area contributed by atoms with E-state index in [4.69, 9.17) is 5.26 Å². The van der Waals surface area contributed by atoms with Gasteiger partial charge in [-0.2, -0.15) is 10.4 Å². The summed E-state index contributed by atoms with van der Waals surface area (Å²) in [6.45, 7) is 3.70. The zero-order valence-electron chi connectivity index (χ0n) is 10.8. The minimum atomic E-state index is -0.359. The number of benzene rings is 1. The van der Waals surface area contributed by atoms with Crippen molar-refractivity contribution in [2.45, 2.75) is 19.9 Å². The molecule has 96 valence electrons. The Bertz CT molecular complexity index is 676. The SMILES string of the molecule is CC(C)NC(=O)/C(C#N)=C/c1ccc2cn[nH]c2c1. The molecule has 5 heteroatoms. The molecule has 0 spiro atoms.